The quantitative estimate of drug-likeness (QED) is 0.858. The maximum absolute atomic E-state index is 12.1. The molecule has 2 heterocycles. The van der Waals surface area contributed by atoms with E-state index in [1.54, 1.807) is 23.5 Å². The van der Waals surface area contributed by atoms with Crippen LogP contribution in [0.4, 0.5) is 4.79 Å². The minimum Gasteiger partial charge on any atom is -0.444 e. The van der Waals surface area contributed by atoms with E-state index in [1.807, 2.05) is 20.8 Å². The van der Waals surface area contributed by atoms with Crippen LogP contribution in [-0.2, 0) is 4.74 Å². The van der Waals surface area contributed by atoms with Crippen molar-refractivity contribution in [1.82, 2.24) is 19.8 Å². The van der Waals surface area contributed by atoms with E-state index in [2.05, 4.69) is 28.8 Å². The summed E-state index contributed by atoms with van der Waals surface area (Å²) >= 11 is 0. The van der Waals surface area contributed by atoms with Crippen LogP contribution in [0.2, 0.25) is 0 Å². The third kappa shape index (κ3) is 4.16. The minimum atomic E-state index is -0.450. The Morgan fingerprint density at radius 1 is 1.45 bits per heavy atom. The van der Waals surface area contributed by atoms with Crippen LogP contribution in [0, 0.1) is 0 Å². The number of rotatable bonds is 3. The largest absolute Gasteiger partial charge is 0.444 e. The number of hydrogen-bond acceptors (Lipinski definition) is 5. The third-order valence-electron chi connectivity index (χ3n) is 4.01. The zero-order valence-corrected chi connectivity index (χ0v) is 14.1. The van der Waals surface area contributed by atoms with Crippen molar-refractivity contribution in [3.8, 4) is 0 Å². The zero-order valence-electron chi connectivity index (χ0n) is 14.1. The minimum absolute atomic E-state index is 0.164. The van der Waals surface area contributed by atoms with Crippen molar-refractivity contribution in [1.29, 1.82) is 0 Å². The molecule has 0 aliphatic carbocycles. The molecule has 122 valence electrons. The van der Waals surface area contributed by atoms with Gasteiger partial charge in [0.25, 0.3) is 0 Å². The number of likely N-dealkylation sites (tertiary alicyclic amines) is 1. The Balaban J connectivity index is 1.94. The number of nitrogens with zero attached hydrogens (tertiary/aromatic N) is 4. The molecule has 1 saturated heterocycles. The molecule has 0 N–H and O–H groups in total. The van der Waals surface area contributed by atoms with Crippen LogP contribution in [0.25, 0.3) is 0 Å². The van der Waals surface area contributed by atoms with Gasteiger partial charge in [-0.25, -0.2) is 4.79 Å². The normalized spacial score (nSPS) is 20.3. The van der Waals surface area contributed by atoms with E-state index in [0.29, 0.717) is 12.6 Å². The Hall–Kier alpha value is -1.69. The standard InChI is InChI=1S/C16H26N4O2/c1-12(14-10-17-7-8-18-14)19(5)13-6-9-20(11-13)15(21)22-16(2,3)4/h7-8,10,12-13H,6,9,11H2,1-5H3. The molecule has 6 heteroatoms. The van der Waals surface area contributed by atoms with Gasteiger partial charge in [0, 0.05) is 37.7 Å². The highest BCUT2D eigenvalue weighted by molar-refractivity contribution is 5.68. The summed E-state index contributed by atoms with van der Waals surface area (Å²) in [6, 6.07) is 0.474. The van der Waals surface area contributed by atoms with Gasteiger partial charge in [0.2, 0.25) is 0 Å². The van der Waals surface area contributed by atoms with Crippen molar-refractivity contribution in [2.45, 2.75) is 51.8 Å². The van der Waals surface area contributed by atoms with Gasteiger partial charge >= 0.3 is 6.09 Å². The van der Waals surface area contributed by atoms with E-state index < -0.39 is 5.60 Å². The highest BCUT2D eigenvalue weighted by Gasteiger charge is 2.33. The topological polar surface area (TPSA) is 58.6 Å². The predicted molar refractivity (Wildman–Crippen MR) is 84.4 cm³/mol. The van der Waals surface area contributed by atoms with Crippen molar-refractivity contribution in [3.63, 3.8) is 0 Å². The first kappa shape index (κ1) is 16.7. The van der Waals surface area contributed by atoms with E-state index in [4.69, 9.17) is 4.74 Å². The maximum atomic E-state index is 12.1. The van der Waals surface area contributed by atoms with Gasteiger partial charge in [-0.3, -0.25) is 14.9 Å². The lowest BCUT2D eigenvalue weighted by atomic mass is 10.1. The number of hydrogen-bond donors (Lipinski definition) is 0. The third-order valence-corrected chi connectivity index (χ3v) is 4.01. The van der Waals surface area contributed by atoms with E-state index in [-0.39, 0.29) is 12.1 Å². The Morgan fingerprint density at radius 2 is 2.18 bits per heavy atom. The zero-order chi connectivity index (χ0) is 16.3. The van der Waals surface area contributed by atoms with Crippen LogP contribution in [-0.4, -0.2) is 57.6 Å². The molecular weight excluding hydrogens is 280 g/mol. The van der Waals surface area contributed by atoms with Crippen LogP contribution in [0.1, 0.15) is 45.9 Å². The Bertz CT molecular complexity index is 501. The second kappa shape index (κ2) is 6.60. The predicted octanol–water partition coefficient (Wildman–Crippen LogP) is 2.48. The number of ether oxygens (including phenoxy) is 1. The fourth-order valence-corrected chi connectivity index (χ4v) is 2.62. The van der Waals surface area contributed by atoms with Crippen LogP contribution in [0.5, 0.6) is 0 Å². The number of carbonyl (C=O) groups excluding carboxylic acids is 1. The molecule has 6 nitrogen and oxygen atoms in total. The second-order valence-electron chi connectivity index (χ2n) is 6.84. The smallest absolute Gasteiger partial charge is 0.410 e. The lowest BCUT2D eigenvalue weighted by molar-refractivity contribution is 0.0278. The fraction of sp³-hybridized carbons (Fsp3) is 0.688. The molecule has 2 unspecified atom stereocenters. The lowest BCUT2D eigenvalue weighted by Gasteiger charge is -2.30. The molecule has 1 aliphatic heterocycles. The Labute approximate surface area is 132 Å². The van der Waals surface area contributed by atoms with Gasteiger partial charge in [-0.15, -0.1) is 0 Å². The molecule has 0 saturated carbocycles. The summed E-state index contributed by atoms with van der Waals surface area (Å²) in [5.41, 5.74) is 0.495. The summed E-state index contributed by atoms with van der Waals surface area (Å²) in [7, 11) is 2.07. The summed E-state index contributed by atoms with van der Waals surface area (Å²) in [5, 5.41) is 0. The highest BCUT2D eigenvalue weighted by atomic mass is 16.6. The molecule has 1 fully saturated rings. The van der Waals surface area contributed by atoms with Crippen LogP contribution in [0.15, 0.2) is 18.6 Å². The fourth-order valence-electron chi connectivity index (χ4n) is 2.62. The molecule has 0 aromatic carbocycles. The van der Waals surface area contributed by atoms with Crippen molar-refractivity contribution in [2.24, 2.45) is 0 Å². The van der Waals surface area contributed by atoms with Crippen molar-refractivity contribution >= 4 is 6.09 Å². The molecule has 0 spiro atoms. The molecule has 1 aliphatic rings. The van der Waals surface area contributed by atoms with Crippen molar-refractivity contribution in [3.05, 3.63) is 24.3 Å². The van der Waals surface area contributed by atoms with Crippen molar-refractivity contribution in [2.75, 3.05) is 20.1 Å². The summed E-state index contributed by atoms with van der Waals surface area (Å²) in [6.45, 7) is 9.20. The van der Waals surface area contributed by atoms with Gasteiger partial charge in [0.1, 0.15) is 5.60 Å². The molecule has 0 bridgehead atoms. The van der Waals surface area contributed by atoms with Gasteiger partial charge in [-0.2, -0.15) is 0 Å². The summed E-state index contributed by atoms with van der Waals surface area (Å²) in [6.07, 6.45) is 5.90. The van der Waals surface area contributed by atoms with E-state index >= 15 is 0 Å². The van der Waals surface area contributed by atoms with E-state index in [9.17, 15) is 4.79 Å². The monoisotopic (exact) mass is 306 g/mol. The number of carbonyl (C=O) groups is 1. The van der Waals surface area contributed by atoms with Crippen molar-refractivity contribution < 1.29 is 9.53 Å². The highest BCUT2D eigenvalue weighted by Crippen LogP contribution is 2.24. The molecule has 2 atom stereocenters. The summed E-state index contributed by atoms with van der Waals surface area (Å²) in [5.74, 6) is 0. The van der Waals surface area contributed by atoms with Crippen LogP contribution < -0.4 is 0 Å². The van der Waals surface area contributed by atoms with Gasteiger partial charge in [0.15, 0.2) is 0 Å². The first-order chi connectivity index (χ1) is 10.3. The molecule has 1 aromatic heterocycles. The summed E-state index contributed by atoms with van der Waals surface area (Å²) < 4.78 is 5.44. The van der Waals surface area contributed by atoms with E-state index in [1.165, 1.54) is 0 Å². The van der Waals surface area contributed by atoms with Gasteiger partial charge in [0.05, 0.1) is 11.7 Å². The van der Waals surface area contributed by atoms with Gasteiger partial charge in [-0.1, -0.05) is 0 Å². The maximum Gasteiger partial charge on any atom is 0.410 e. The number of amides is 1. The number of likely N-dealkylation sites (N-methyl/N-ethyl adjacent to an activating group) is 1. The SMILES string of the molecule is CC(c1cnccn1)N(C)C1CCN(C(=O)OC(C)(C)C)C1. The molecule has 22 heavy (non-hydrogen) atoms. The Kier molecular flexibility index (Phi) is 5.01. The molecule has 1 aromatic rings. The van der Waals surface area contributed by atoms with Crippen LogP contribution >= 0.6 is 0 Å². The molecular formula is C16H26N4O2. The molecule has 0 radical (unpaired) electrons. The first-order valence-electron chi connectivity index (χ1n) is 7.73. The molecule has 1 amide bonds. The average molecular weight is 306 g/mol. The molecule has 2 rings (SSSR count). The first-order valence-corrected chi connectivity index (χ1v) is 7.73. The summed E-state index contributed by atoms with van der Waals surface area (Å²) in [4.78, 5) is 24.7. The van der Waals surface area contributed by atoms with Gasteiger partial charge in [-0.05, 0) is 41.2 Å². The Morgan fingerprint density at radius 3 is 2.77 bits per heavy atom. The second-order valence-corrected chi connectivity index (χ2v) is 6.84. The average Bonchev–Trinajstić information content (AvgIpc) is 2.95. The van der Waals surface area contributed by atoms with Crippen LogP contribution in [0.3, 0.4) is 0 Å². The van der Waals surface area contributed by atoms with E-state index in [0.717, 1.165) is 18.7 Å². The lowest BCUT2D eigenvalue weighted by Crippen LogP contribution is -2.40. The number of aromatic nitrogens is 2. The van der Waals surface area contributed by atoms with Gasteiger partial charge < -0.3 is 9.64 Å².